The van der Waals surface area contributed by atoms with E-state index in [4.69, 9.17) is 11.6 Å². The number of aryl methyl sites for hydroxylation is 1. The number of hydrogen-bond donors (Lipinski definition) is 1. The third-order valence-electron chi connectivity index (χ3n) is 2.80. The molecule has 0 radical (unpaired) electrons. The van der Waals surface area contributed by atoms with Crippen molar-refractivity contribution >= 4 is 23.1 Å². The van der Waals surface area contributed by atoms with Crippen molar-refractivity contribution in [2.75, 3.05) is 5.32 Å². The van der Waals surface area contributed by atoms with E-state index in [1.54, 1.807) is 18.3 Å². The van der Waals surface area contributed by atoms with E-state index in [1.165, 1.54) is 30.3 Å². The lowest BCUT2D eigenvalue weighted by Gasteiger charge is -2.05. The average molecular weight is 290 g/mol. The summed E-state index contributed by atoms with van der Waals surface area (Å²) < 4.78 is 12.8. The summed E-state index contributed by atoms with van der Waals surface area (Å²) in [5.74, 6) is -0.560. The Balaban J connectivity index is 2.04. The smallest absolute Gasteiger partial charge is 0.187 e. The SMILES string of the molecule is Cc1ccc(Cl)cc1N/C=C/C(=O)c1ccc(F)cc1. The molecule has 0 heterocycles. The first kappa shape index (κ1) is 14.3. The van der Waals surface area contributed by atoms with Gasteiger partial charge in [0, 0.05) is 28.5 Å². The predicted octanol–water partition coefficient (Wildman–Crippen LogP) is 4.60. The molecule has 4 heteroatoms. The quantitative estimate of drug-likeness (QED) is 0.658. The summed E-state index contributed by atoms with van der Waals surface area (Å²) in [7, 11) is 0. The molecule has 2 rings (SSSR count). The molecule has 0 saturated carbocycles. The fraction of sp³-hybridized carbons (Fsp3) is 0.0625. The Bertz CT molecular complexity index is 650. The van der Waals surface area contributed by atoms with Gasteiger partial charge in [0.05, 0.1) is 0 Å². The molecule has 2 nitrogen and oxygen atoms in total. The number of anilines is 1. The molecule has 1 N–H and O–H groups in total. The van der Waals surface area contributed by atoms with Crippen LogP contribution in [0.4, 0.5) is 10.1 Å². The van der Waals surface area contributed by atoms with Crippen molar-refractivity contribution in [3.63, 3.8) is 0 Å². The summed E-state index contributed by atoms with van der Waals surface area (Å²) in [6.07, 6.45) is 2.94. The van der Waals surface area contributed by atoms with Crippen molar-refractivity contribution < 1.29 is 9.18 Å². The maximum absolute atomic E-state index is 12.8. The van der Waals surface area contributed by atoms with Gasteiger partial charge in [0.1, 0.15) is 5.82 Å². The fourth-order valence-electron chi connectivity index (χ4n) is 1.67. The molecule has 0 aliphatic heterocycles. The molecule has 0 aliphatic carbocycles. The third-order valence-corrected chi connectivity index (χ3v) is 3.04. The second kappa shape index (κ2) is 6.35. The van der Waals surface area contributed by atoms with Gasteiger partial charge in [-0.05, 0) is 48.9 Å². The second-order valence-corrected chi connectivity index (χ2v) is 4.74. The lowest BCUT2D eigenvalue weighted by molar-refractivity contribution is 0.104. The number of carbonyl (C=O) groups is 1. The van der Waals surface area contributed by atoms with Gasteiger partial charge in [-0.15, -0.1) is 0 Å². The van der Waals surface area contributed by atoms with E-state index in [0.29, 0.717) is 10.6 Å². The number of ketones is 1. The second-order valence-electron chi connectivity index (χ2n) is 4.31. The molecule has 0 aromatic heterocycles. The summed E-state index contributed by atoms with van der Waals surface area (Å²) in [4.78, 5) is 11.8. The van der Waals surface area contributed by atoms with Gasteiger partial charge in [-0.3, -0.25) is 4.79 Å². The number of carbonyl (C=O) groups excluding carboxylic acids is 1. The summed E-state index contributed by atoms with van der Waals surface area (Å²) in [6, 6.07) is 10.9. The molecule has 0 fully saturated rings. The monoisotopic (exact) mass is 289 g/mol. The van der Waals surface area contributed by atoms with E-state index in [-0.39, 0.29) is 11.6 Å². The highest BCUT2D eigenvalue weighted by atomic mass is 35.5. The summed E-state index contributed by atoms with van der Waals surface area (Å²) >= 11 is 5.90. The van der Waals surface area contributed by atoms with E-state index in [0.717, 1.165) is 11.3 Å². The molecule has 0 amide bonds. The molecular formula is C16H13ClFNO. The zero-order valence-corrected chi connectivity index (χ0v) is 11.6. The van der Waals surface area contributed by atoms with E-state index in [9.17, 15) is 9.18 Å². The van der Waals surface area contributed by atoms with Crippen LogP contribution in [0.25, 0.3) is 0 Å². The predicted molar refractivity (Wildman–Crippen MR) is 79.7 cm³/mol. The van der Waals surface area contributed by atoms with E-state index in [1.807, 2.05) is 13.0 Å². The Labute approximate surface area is 121 Å². The Hall–Kier alpha value is -2.13. The van der Waals surface area contributed by atoms with Crippen LogP contribution >= 0.6 is 11.6 Å². The molecule has 0 bridgehead atoms. The highest BCUT2D eigenvalue weighted by molar-refractivity contribution is 6.30. The van der Waals surface area contributed by atoms with Crippen LogP contribution in [0.3, 0.4) is 0 Å². The molecule has 20 heavy (non-hydrogen) atoms. The van der Waals surface area contributed by atoms with Crippen LogP contribution < -0.4 is 5.32 Å². The zero-order valence-electron chi connectivity index (χ0n) is 10.9. The first-order chi connectivity index (χ1) is 9.56. The molecule has 0 saturated heterocycles. The van der Waals surface area contributed by atoms with E-state index >= 15 is 0 Å². The van der Waals surface area contributed by atoms with Crippen LogP contribution in [0, 0.1) is 12.7 Å². The van der Waals surface area contributed by atoms with Crippen molar-refractivity contribution in [3.8, 4) is 0 Å². The molecule has 0 unspecified atom stereocenters. The van der Waals surface area contributed by atoms with Crippen molar-refractivity contribution in [2.24, 2.45) is 0 Å². The van der Waals surface area contributed by atoms with Crippen LogP contribution in [0.1, 0.15) is 15.9 Å². The first-order valence-corrected chi connectivity index (χ1v) is 6.43. The van der Waals surface area contributed by atoms with Gasteiger partial charge >= 0.3 is 0 Å². The number of hydrogen-bond acceptors (Lipinski definition) is 2. The van der Waals surface area contributed by atoms with E-state index < -0.39 is 0 Å². The lowest BCUT2D eigenvalue weighted by Crippen LogP contribution is -1.97. The van der Waals surface area contributed by atoms with Gasteiger partial charge < -0.3 is 5.32 Å². The highest BCUT2D eigenvalue weighted by Crippen LogP contribution is 2.20. The molecular weight excluding hydrogens is 277 g/mol. The van der Waals surface area contributed by atoms with Crippen molar-refractivity contribution in [2.45, 2.75) is 6.92 Å². The number of halogens is 2. The van der Waals surface area contributed by atoms with Crippen LogP contribution in [0.2, 0.25) is 5.02 Å². The van der Waals surface area contributed by atoms with Crippen molar-refractivity contribution in [1.82, 2.24) is 0 Å². The minimum absolute atomic E-state index is 0.197. The molecule has 0 spiro atoms. The number of benzene rings is 2. The third kappa shape index (κ3) is 3.68. The summed E-state index contributed by atoms with van der Waals surface area (Å²) in [5, 5.41) is 3.63. The van der Waals surface area contributed by atoms with Crippen molar-refractivity contribution in [1.29, 1.82) is 0 Å². The van der Waals surface area contributed by atoms with Crippen molar-refractivity contribution in [3.05, 3.63) is 76.7 Å². The Morgan fingerprint density at radius 3 is 2.60 bits per heavy atom. The van der Waals surface area contributed by atoms with Gasteiger partial charge in [0.2, 0.25) is 0 Å². The number of rotatable bonds is 4. The van der Waals surface area contributed by atoms with Gasteiger partial charge in [-0.2, -0.15) is 0 Å². The Morgan fingerprint density at radius 1 is 1.20 bits per heavy atom. The molecule has 0 aliphatic rings. The first-order valence-electron chi connectivity index (χ1n) is 6.05. The molecule has 102 valence electrons. The Kier molecular flexibility index (Phi) is 4.53. The largest absolute Gasteiger partial charge is 0.361 e. The molecule has 0 atom stereocenters. The summed E-state index contributed by atoms with van der Waals surface area (Å²) in [5.41, 5.74) is 2.29. The van der Waals surface area contributed by atoms with Gasteiger partial charge in [-0.1, -0.05) is 17.7 Å². The Morgan fingerprint density at radius 2 is 1.90 bits per heavy atom. The minimum Gasteiger partial charge on any atom is -0.361 e. The van der Waals surface area contributed by atoms with Crippen LogP contribution in [-0.4, -0.2) is 5.78 Å². The molecule has 2 aromatic rings. The highest BCUT2D eigenvalue weighted by Gasteiger charge is 2.01. The minimum atomic E-state index is -0.363. The topological polar surface area (TPSA) is 29.1 Å². The van der Waals surface area contributed by atoms with E-state index in [2.05, 4.69) is 5.32 Å². The number of allylic oxidation sites excluding steroid dienone is 1. The summed E-state index contributed by atoms with van der Waals surface area (Å²) in [6.45, 7) is 1.94. The van der Waals surface area contributed by atoms with Crippen LogP contribution in [-0.2, 0) is 0 Å². The van der Waals surface area contributed by atoms with Crippen LogP contribution in [0.15, 0.2) is 54.7 Å². The normalized spacial score (nSPS) is 10.8. The number of nitrogens with one attached hydrogen (secondary N) is 1. The van der Waals surface area contributed by atoms with Gasteiger partial charge in [0.15, 0.2) is 5.78 Å². The molecule has 2 aromatic carbocycles. The zero-order chi connectivity index (χ0) is 14.5. The average Bonchev–Trinajstić information content (AvgIpc) is 2.43. The van der Waals surface area contributed by atoms with Gasteiger partial charge in [0.25, 0.3) is 0 Å². The maximum Gasteiger partial charge on any atom is 0.187 e. The fourth-order valence-corrected chi connectivity index (χ4v) is 1.84. The standard InChI is InChI=1S/C16H13ClFNO/c1-11-2-5-13(17)10-15(11)19-9-8-16(20)12-3-6-14(18)7-4-12/h2-10,19H,1H3/b9-8+. The maximum atomic E-state index is 12.8. The van der Waals surface area contributed by atoms with Gasteiger partial charge in [-0.25, -0.2) is 4.39 Å². The van der Waals surface area contributed by atoms with Crippen LogP contribution in [0.5, 0.6) is 0 Å². The lowest BCUT2D eigenvalue weighted by atomic mass is 10.1.